The van der Waals surface area contributed by atoms with Crippen molar-refractivity contribution in [1.82, 2.24) is 5.32 Å². The molecule has 0 radical (unpaired) electrons. The van der Waals surface area contributed by atoms with Gasteiger partial charge in [0.05, 0.1) is 0 Å². The van der Waals surface area contributed by atoms with E-state index >= 15 is 0 Å². The van der Waals surface area contributed by atoms with Gasteiger partial charge in [-0.25, -0.2) is 4.79 Å². The highest BCUT2D eigenvalue weighted by atomic mass is 16.2. The van der Waals surface area contributed by atoms with Crippen molar-refractivity contribution in [2.75, 3.05) is 6.54 Å². The molecule has 3 heteroatoms. The van der Waals surface area contributed by atoms with E-state index in [-0.39, 0.29) is 0 Å². The predicted molar refractivity (Wildman–Crippen MR) is 44.2 cm³/mol. The summed E-state index contributed by atoms with van der Waals surface area (Å²) in [7, 11) is 0. The number of hydrogen-bond donors (Lipinski definition) is 2. The summed E-state index contributed by atoms with van der Waals surface area (Å²) in [6.45, 7) is 2.94. The SMILES string of the molecule is CC1(CNC(N)=O)CCCC1. The van der Waals surface area contributed by atoms with Gasteiger partial charge in [-0.2, -0.15) is 0 Å². The Labute approximate surface area is 67.3 Å². The third-order valence-electron chi connectivity index (χ3n) is 2.50. The number of carbonyl (C=O) groups is 1. The second kappa shape index (κ2) is 3.11. The number of urea groups is 1. The summed E-state index contributed by atoms with van der Waals surface area (Å²) in [4.78, 5) is 10.4. The molecule has 3 nitrogen and oxygen atoms in total. The fraction of sp³-hybridized carbons (Fsp3) is 0.875. The zero-order valence-corrected chi connectivity index (χ0v) is 7.02. The minimum Gasteiger partial charge on any atom is -0.352 e. The van der Waals surface area contributed by atoms with Crippen LogP contribution in [0.1, 0.15) is 32.6 Å². The fourth-order valence-corrected chi connectivity index (χ4v) is 1.71. The Morgan fingerprint density at radius 2 is 2.09 bits per heavy atom. The van der Waals surface area contributed by atoms with Gasteiger partial charge in [-0.15, -0.1) is 0 Å². The van der Waals surface area contributed by atoms with Crippen LogP contribution in [-0.2, 0) is 0 Å². The minimum absolute atomic E-state index is 0.315. The molecule has 0 aromatic heterocycles. The smallest absolute Gasteiger partial charge is 0.312 e. The van der Waals surface area contributed by atoms with Gasteiger partial charge in [0.15, 0.2) is 0 Å². The summed E-state index contributed by atoms with van der Waals surface area (Å²) in [5.74, 6) is 0. The third-order valence-corrected chi connectivity index (χ3v) is 2.50. The molecule has 0 aromatic rings. The second-order valence-corrected chi connectivity index (χ2v) is 3.74. The molecule has 1 fully saturated rings. The number of primary amides is 1. The Morgan fingerprint density at radius 3 is 2.55 bits per heavy atom. The fourth-order valence-electron chi connectivity index (χ4n) is 1.71. The van der Waals surface area contributed by atoms with Crippen molar-refractivity contribution in [2.45, 2.75) is 32.6 Å². The molecule has 3 N–H and O–H groups in total. The molecule has 64 valence electrons. The lowest BCUT2D eigenvalue weighted by atomic mass is 9.89. The van der Waals surface area contributed by atoms with Gasteiger partial charge >= 0.3 is 6.03 Å². The lowest BCUT2D eigenvalue weighted by molar-refractivity contribution is 0.239. The van der Waals surface area contributed by atoms with Gasteiger partial charge in [0.2, 0.25) is 0 Å². The maximum absolute atomic E-state index is 10.4. The van der Waals surface area contributed by atoms with Crippen LogP contribution < -0.4 is 11.1 Å². The molecule has 0 atom stereocenters. The van der Waals surface area contributed by atoms with E-state index in [0.717, 1.165) is 6.54 Å². The number of carbonyl (C=O) groups excluding carboxylic acids is 1. The average molecular weight is 156 g/mol. The van der Waals surface area contributed by atoms with Crippen molar-refractivity contribution >= 4 is 6.03 Å². The highest BCUT2D eigenvalue weighted by Gasteiger charge is 2.28. The first-order valence-corrected chi connectivity index (χ1v) is 4.16. The summed E-state index contributed by atoms with van der Waals surface area (Å²) >= 11 is 0. The van der Waals surface area contributed by atoms with Gasteiger partial charge in [-0.1, -0.05) is 19.8 Å². The van der Waals surface area contributed by atoms with Crippen LogP contribution >= 0.6 is 0 Å². The molecule has 0 spiro atoms. The molecule has 0 unspecified atom stereocenters. The number of amides is 2. The predicted octanol–water partition coefficient (Wildman–Crippen LogP) is 1.23. The average Bonchev–Trinajstić information content (AvgIpc) is 2.33. The van der Waals surface area contributed by atoms with Crippen molar-refractivity contribution < 1.29 is 4.79 Å². The van der Waals surface area contributed by atoms with E-state index in [1.54, 1.807) is 0 Å². The van der Waals surface area contributed by atoms with Crippen LogP contribution in [0.25, 0.3) is 0 Å². The molecule has 1 aliphatic carbocycles. The number of hydrogen-bond acceptors (Lipinski definition) is 1. The maximum atomic E-state index is 10.4. The van der Waals surface area contributed by atoms with Crippen molar-refractivity contribution in [1.29, 1.82) is 0 Å². The largest absolute Gasteiger partial charge is 0.352 e. The summed E-state index contributed by atoms with van der Waals surface area (Å²) in [5.41, 5.74) is 5.29. The molecule has 1 aliphatic rings. The second-order valence-electron chi connectivity index (χ2n) is 3.74. The lowest BCUT2D eigenvalue weighted by Gasteiger charge is -2.22. The highest BCUT2D eigenvalue weighted by molar-refractivity contribution is 5.71. The molecule has 0 aliphatic heterocycles. The summed E-state index contributed by atoms with van der Waals surface area (Å²) < 4.78 is 0. The van der Waals surface area contributed by atoms with Crippen molar-refractivity contribution in [2.24, 2.45) is 11.1 Å². The van der Waals surface area contributed by atoms with Crippen molar-refractivity contribution in [3.63, 3.8) is 0 Å². The molecular formula is C8H16N2O. The number of rotatable bonds is 2. The molecule has 0 bridgehead atoms. The molecule has 1 rings (SSSR count). The summed E-state index contributed by atoms with van der Waals surface area (Å²) in [5, 5.41) is 2.67. The molecule has 2 amide bonds. The monoisotopic (exact) mass is 156 g/mol. The zero-order valence-electron chi connectivity index (χ0n) is 7.02. The zero-order chi connectivity index (χ0) is 8.32. The summed E-state index contributed by atoms with van der Waals surface area (Å²) in [6.07, 6.45) is 5.01. The molecule has 0 aromatic carbocycles. The van der Waals surface area contributed by atoms with Crippen molar-refractivity contribution in [3.05, 3.63) is 0 Å². The van der Waals surface area contributed by atoms with Gasteiger partial charge in [0, 0.05) is 6.54 Å². The molecule has 1 saturated carbocycles. The van der Waals surface area contributed by atoms with E-state index < -0.39 is 6.03 Å². The first-order valence-electron chi connectivity index (χ1n) is 4.16. The lowest BCUT2D eigenvalue weighted by Crippen LogP contribution is -2.37. The Bertz CT molecular complexity index is 150. The number of nitrogens with two attached hydrogens (primary N) is 1. The van der Waals surface area contributed by atoms with Crippen LogP contribution in [-0.4, -0.2) is 12.6 Å². The van der Waals surface area contributed by atoms with E-state index in [9.17, 15) is 4.79 Å². The van der Waals surface area contributed by atoms with E-state index in [1.807, 2.05) is 0 Å². The Morgan fingerprint density at radius 1 is 1.55 bits per heavy atom. The van der Waals surface area contributed by atoms with E-state index in [0.29, 0.717) is 5.41 Å². The van der Waals surface area contributed by atoms with Crippen molar-refractivity contribution in [3.8, 4) is 0 Å². The van der Waals surface area contributed by atoms with Gasteiger partial charge in [0.25, 0.3) is 0 Å². The molecule has 0 saturated heterocycles. The standard InChI is InChI=1S/C8H16N2O/c1-8(4-2-3-5-8)6-10-7(9)11/h2-6H2,1H3,(H3,9,10,11). The van der Waals surface area contributed by atoms with Gasteiger partial charge in [-0.3, -0.25) is 0 Å². The Balaban J connectivity index is 2.28. The van der Waals surface area contributed by atoms with Gasteiger partial charge < -0.3 is 11.1 Å². The van der Waals surface area contributed by atoms with Crippen LogP contribution in [0.5, 0.6) is 0 Å². The van der Waals surface area contributed by atoms with Crippen LogP contribution in [0.15, 0.2) is 0 Å². The van der Waals surface area contributed by atoms with Crippen LogP contribution in [0.2, 0.25) is 0 Å². The van der Waals surface area contributed by atoms with Crippen LogP contribution in [0.3, 0.4) is 0 Å². The molecular weight excluding hydrogens is 140 g/mol. The topological polar surface area (TPSA) is 55.1 Å². The minimum atomic E-state index is -0.405. The first-order chi connectivity index (χ1) is 5.12. The Kier molecular flexibility index (Phi) is 2.37. The maximum Gasteiger partial charge on any atom is 0.312 e. The van der Waals surface area contributed by atoms with Gasteiger partial charge in [0.1, 0.15) is 0 Å². The number of nitrogens with one attached hydrogen (secondary N) is 1. The summed E-state index contributed by atoms with van der Waals surface area (Å²) in [6, 6.07) is -0.405. The van der Waals surface area contributed by atoms with Crippen LogP contribution in [0, 0.1) is 5.41 Å². The van der Waals surface area contributed by atoms with E-state index in [2.05, 4.69) is 12.2 Å². The van der Waals surface area contributed by atoms with E-state index in [1.165, 1.54) is 25.7 Å². The normalized spacial score (nSPS) is 21.5. The van der Waals surface area contributed by atoms with Crippen LogP contribution in [0.4, 0.5) is 4.79 Å². The quantitative estimate of drug-likeness (QED) is 0.620. The third kappa shape index (κ3) is 2.41. The molecule has 0 heterocycles. The Hall–Kier alpha value is -0.730. The highest BCUT2D eigenvalue weighted by Crippen LogP contribution is 2.36. The van der Waals surface area contributed by atoms with Gasteiger partial charge in [-0.05, 0) is 18.3 Å². The van der Waals surface area contributed by atoms with E-state index in [4.69, 9.17) is 5.73 Å². The first kappa shape index (κ1) is 8.37. The molecule has 11 heavy (non-hydrogen) atoms.